The molecule has 0 aliphatic carbocycles. The average molecular weight is 344 g/mol. The molecular weight excluding hydrogens is 321 g/mol. The minimum atomic E-state index is -0.560. The van der Waals surface area contributed by atoms with Crippen LogP contribution in [0.5, 0.6) is 0 Å². The van der Waals surface area contributed by atoms with Crippen molar-refractivity contribution < 1.29 is 18.9 Å². The number of anilines is 1. The van der Waals surface area contributed by atoms with Gasteiger partial charge in [-0.15, -0.1) is 0 Å². The number of urea groups is 1. The van der Waals surface area contributed by atoms with E-state index in [1.54, 1.807) is 18.2 Å². The van der Waals surface area contributed by atoms with E-state index in [0.29, 0.717) is 12.2 Å². The molecule has 3 amide bonds. The molecule has 0 radical (unpaired) electrons. The van der Waals surface area contributed by atoms with E-state index >= 15 is 0 Å². The molecule has 132 valence electrons. The van der Waals surface area contributed by atoms with Crippen LogP contribution in [0.25, 0.3) is 0 Å². The normalized spacial score (nSPS) is 11.7. The Morgan fingerprint density at radius 1 is 1.12 bits per heavy atom. The average Bonchev–Trinajstić information content (AvgIpc) is 2.49. The molecule has 0 bridgehead atoms. The number of benzene rings is 2. The second-order valence-corrected chi connectivity index (χ2v) is 6.26. The van der Waals surface area contributed by atoms with Gasteiger partial charge in [0.25, 0.3) is 5.91 Å². The lowest BCUT2D eigenvalue weighted by Gasteiger charge is -2.14. The smallest absolute Gasteiger partial charge is 0.326 e. The van der Waals surface area contributed by atoms with Crippen molar-refractivity contribution in [2.45, 2.75) is 20.4 Å². The first-order valence-corrected chi connectivity index (χ1v) is 8.07. The zero-order chi connectivity index (χ0) is 18.4. The van der Waals surface area contributed by atoms with E-state index in [1.807, 2.05) is 33.0 Å². The summed E-state index contributed by atoms with van der Waals surface area (Å²) in [6.45, 7) is 4.46. The van der Waals surface area contributed by atoms with Crippen molar-refractivity contribution in [3.63, 3.8) is 0 Å². The van der Waals surface area contributed by atoms with E-state index in [-0.39, 0.29) is 12.4 Å². The van der Waals surface area contributed by atoms with Gasteiger partial charge >= 0.3 is 6.03 Å². The van der Waals surface area contributed by atoms with Crippen LogP contribution in [-0.4, -0.2) is 25.5 Å². The van der Waals surface area contributed by atoms with Crippen molar-refractivity contribution >= 4 is 17.6 Å². The molecule has 0 aliphatic rings. The molecule has 0 aliphatic heterocycles. The Labute approximate surface area is 146 Å². The quantitative estimate of drug-likeness (QED) is 0.775. The third kappa shape index (κ3) is 6.00. The Morgan fingerprint density at radius 3 is 2.56 bits per heavy atom. The third-order valence-electron chi connectivity index (χ3n) is 3.74. The van der Waals surface area contributed by atoms with Crippen LogP contribution < -0.4 is 15.5 Å². The molecule has 25 heavy (non-hydrogen) atoms. The third-order valence-corrected chi connectivity index (χ3v) is 3.74. The number of hydrogen-bond acceptors (Lipinski definition) is 2. The van der Waals surface area contributed by atoms with Crippen LogP contribution in [0.4, 0.5) is 14.9 Å². The van der Waals surface area contributed by atoms with E-state index in [1.165, 1.54) is 12.1 Å². The second-order valence-electron chi connectivity index (χ2n) is 6.26. The molecule has 2 aromatic carbocycles. The lowest BCUT2D eigenvalue weighted by atomic mass is 10.1. The second kappa shape index (κ2) is 8.39. The maximum atomic E-state index is 13.2. The maximum absolute atomic E-state index is 13.2. The van der Waals surface area contributed by atoms with Crippen molar-refractivity contribution in [1.29, 1.82) is 0 Å². The summed E-state index contributed by atoms with van der Waals surface area (Å²) < 4.78 is 13.2. The Balaban J connectivity index is 1.83. The first-order chi connectivity index (χ1) is 11.8. The van der Waals surface area contributed by atoms with Gasteiger partial charge in [0.05, 0.1) is 7.05 Å². The van der Waals surface area contributed by atoms with Crippen LogP contribution in [0.1, 0.15) is 16.7 Å². The molecule has 0 saturated carbocycles. The van der Waals surface area contributed by atoms with Crippen molar-refractivity contribution in [1.82, 2.24) is 5.32 Å². The minimum absolute atomic E-state index is 0.108. The first kappa shape index (κ1) is 18.6. The summed E-state index contributed by atoms with van der Waals surface area (Å²) in [5, 5.41) is 4.98. The van der Waals surface area contributed by atoms with Gasteiger partial charge in [-0.1, -0.05) is 29.8 Å². The van der Waals surface area contributed by atoms with Gasteiger partial charge < -0.3 is 10.2 Å². The summed E-state index contributed by atoms with van der Waals surface area (Å²) in [7, 11) is 1.81. The molecule has 2 rings (SSSR count). The molecule has 0 aromatic heterocycles. The van der Waals surface area contributed by atoms with Gasteiger partial charge in [-0.3, -0.25) is 10.1 Å². The van der Waals surface area contributed by atoms with Crippen LogP contribution in [0.2, 0.25) is 0 Å². The first-order valence-electron chi connectivity index (χ1n) is 8.07. The van der Waals surface area contributed by atoms with Crippen LogP contribution in [0, 0.1) is 19.7 Å². The fraction of sp³-hybridized carbons (Fsp3) is 0.263. The number of carbonyl (C=O) groups excluding carboxylic acids is 2. The molecule has 0 fully saturated rings. The molecular formula is C19H23FN3O2+. The molecule has 1 unspecified atom stereocenters. The summed E-state index contributed by atoms with van der Waals surface area (Å²) in [6.07, 6.45) is 0. The monoisotopic (exact) mass is 344 g/mol. The molecule has 0 heterocycles. The zero-order valence-electron chi connectivity index (χ0n) is 14.7. The maximum Gasteiger partial charge on any atom is 0.326 e. The van der Waals surface area contributed by atoms with Crippen molar-refractivity contribution in [3.05, 3.63) is 65.0 Å². The number of aryl methyl sites for hydroxylation is 2. The van der Waals surface area contributed by atoms with Gasteiger partial charge in [0.15, 0.2) is 6.54 Å². The topological polar surface area (TPSA) is 62.6 Å². The highest BCUT2D eigenvalue weighted by molar-refractivity contribution is 6.01. The molecule has 2 aromatic rings. The number of halogens is 1. The summed E-state index contributed by atoms with van der Waals surface area (Å²) in [5.41, 5.74) is 3.49. The predicted molar refractivity (Wildman–Crippen MR) is 94.9 cm³/mol. The van der Waals surface area contributed by atoms with Gasteiger partial charge in [0, 0.05) is 11.3 Å². The molecule has 0 saturated heterocycles. The Morgan fingerprint density at radius 2 is 1.88 bits per heavy atom. The molecule has 6 heteroatoms. The van der Waals surface area contributed by atoms with Gasteiger partial charge in [0.1, 0.15) is 12.4 Å². The number of rotatable bonds is 5. The fourth-order valence-electron chi connectivity index (χ4n) is 2.61. The Hall–Kier alpha value is -2.73. The van der Waals surface area contributed by atoms with E-state index in [0.717, 1.165) is 21.6 Å². The molecule has 0 spiro atoms. The number of quaternary nitrogens is 1. The van der Waals surface area contributed by atoms with Crippen LogP contribution in [-0.2, 0) is 11.3 Å². The standard InChI is InChI=1S/C19H22FN3O2/c1-13-7-8-17(14(2)9-13)21-19(25)22-18(24)12-23(3)11-15-5-4-6-16(20)10-15/h4-10H,11-12H2,1-3H3,(H2,21,22,24,25)/p+1. The van der Waals surface area contributed by atoms with Gasteiger partial charge in [0.2, 0.25) is 0 Å². The van der Waals surface area contributed by atoms with Crippen molar-refractivity contribution in [2.24, 2.45) is 0 Å². The van der Waals surface area contributed by atoms with Crippen molar-refractivity contribution in [2.75, 3.05) is 18.9 Å². The van der Waals surface area contributed by atoms with Crippen LogP contribution >= 0.6 is 0 Å². The van der Waals surface area contributed by atoms with Gasteiger partial charge in [-0.25, -0.2) is 9.18 Å². The highest BCUT2D eigenvalue weighted by atomic mass is 19.1. The summed E-state index contributed by atoms with van der Waals surface area (Å²) in [6, 6.07) is 11.3. The van der Waals surface area contributed by atoms with Gasteiger partial charge in [-0.2, -0.15) is 0 Å². The summed E-state index contributed by atoms with van der Waals surface area (Å²) >= 11 is 0. The van der Waals surface area contributed by atoms with Crippen LogP contribution in [0.3, 0.4) is 0 Å². The van der Waals surface area contributed by atoms with E-state index < -0.39 is 11.9 Å². The largest absolute Gasteiger partial charge is 0.326 e. The fourth-order valence-corrected chi connectivity index (χ4v) is 2.61. The SMILES string of the molecule is Cc1ccc(NC(=O)NC(=O)C[NH+](C)Cc2cccc(F)c2)c(C)c1. The Bertz CT molecular complexity index is 777. The number of carbonyl (C=O) groups is 2. The highest BCUT2D eigenvalue weighted by Gasteiger charge is 2.14. The number of likely N-dealkylation sites (N-methyl/N-ethyl adjacent to an activating group) is 1. The molecule has 1 atom stereocenters. The lowest BCUT2D eigenvalue weighted by Crippen LogP contribution is -3.09. The number of imide groups is 1. The van der Waals surface area contributed by atoms with E-state index in [4.69, 9.17) is 0 Å². The lowest BCUT2D eigenvalue weighted by molar-refractivity contribution is -0.885. The van der Waals surface area contributed by atoms with Gasteiger partial charge in [-0.05, 0) is 37.6 Å². The summed E-state index contributed by atoms with van der Waals surface area (Å²) in [4.78, 5) is 24.8. The van der Waals surface area contributed by atoms with E-state index in [9.17, 15) is 14.0 Å². The summed E-state index contributed by atoms with van der Waals surface area (Å²) in [5.74, 6) is -0.696. The molecule has 5 nitrogen and oxygen atoms in total. The Kier molecular flexibility index (Phi) is 6.25. The van der Waals surface area contributed by atoms with Crippen LogP contribution in [0.15, 0.2) is 42.5 Å². The zero-order valence-corrected chi connectivity index (χ0v) is 14.7. The number of hydrogen-bond donors (Lipinski definition) is 3. The molecule has 3 N–H and O–H groups in total. The predicted octanol–water partition coefficient (Wildman–Crippen LogP) is 1.81. The number of nitrogens with one attached hydrogen (secondary N) is 3. The minimum Gasteiger partial charge on any atom is -0.326 e. The highest BCUT2D eigenvalue weighted by Crippen LogP contribution is 2.15. The van der Waals surface area contributed by atoms with Crippen molar-refractivity contribution in [3.8, 4) is 0 Å². The number of amides is 3. The van der Waals surface area contributed by atoms with E-state index in [2.05, 4.69) is 10.6 Å².